The summed E-state index contributed by atoms with van der Waals surface area (Å²) in [7, 11) is 4.06. The van der Waals surface area contributed by atoms with Crippen LogP contribution in [0, 0.1) is 0 Å². The van der Waals surface area contributed by atoms with Crippen LogP contribution in [0.2, 0.25) is 0 Å². The number of nitrogens with zero attached hydrogens (tertiary/aromatic N) is 2. The highest BCUT2D eigenvalue weighted by molar-refractivity contribution is 5.84. The van der Waals surface area contributed by atoms with Gasteiger partial charge in [-0.2, -0.15) is 0 Å². The Morgan fingerprint density at radius 3 is 2.19 bits per heavy atom. The highest BCUT2D eigenvalue weighted by Crippen LogP contribution is 2.03. The van der Waals surface area contributed by atoms with E-state index >= 15 is 0 Å². The Morgan fingerprint density at radius 2 is 1.81 bits per heavy atom. The van der Waals surface area contributed by atoms with Crippen LogP contribution in [0.1, 0.15) is 20.3 Å². The minimum absolute atomic E-state index is 0.446. The van der Waals surface area contributed by atoms with Crippen molar-refractivity contribution in [3.8, 4) is 0 Å². The van der Waals surface area contributed by atoms with E-state index in [-0.39, 0.29) is 0 Å². The highest BCUT2D eigenvalue weighted by Gasteiger charge is 2.28. The van der Waals surface area contributed by atoms with E-state index in [0.717, 1.165) is 26.1 Å². The second kappa shape index (κ2) is 6.83. The molecule has 0 aromatic carbocycles. The maximum absolute atomic E-state index is 11.2. The first-order valence-electron chi connectivity index (χ1n) is 5.75. The summed E-state index contributed by atoms with van der Waals surface area (Å²) in [5, 5.41) is 0. The molecule has 0 fully saturated rings. The molecule has 5 nitrogen and oxygen atoms in total. The predicted molar refractivity (Wildman–Crippen MR) is 67.1 cm³/mol. The SMILES string of the molecule is CCCN(CCN(C)C)CC(C)(N)C(N)=O. The van der Waals surface area contributed by atoms with E-state index < -0.39 is 11.4 Å². The van der Waals surface area contributed by atoms with Gasteiger partial charge in [-0.1, -0.05) is 6.92 Å². The highest BCUT2D eigenvalue weighted by atomic mass is 16.1. The van der Waals surface area contributed by atoms with E-state index in [1.54, 1.807) is 6.92 Å². The summed E-state index contributed by atoms with van der Waals surface area (Å²) >= 11 is 0. The van der Waals surface area contributed by atoms with E-state index in [1.165, 1.54) is 0 Å². The molecule has 0 aromatic heterocycles. The van der Waals surface area contributed by atoms with Gasteiger partial charge in [0.15, 0.2) is 0 Å². The van der Waals surface area contributed by atoms with Gasteiger partial charge in [-0.15, -0.1) is 0 Å². The Kier molecular flexibility index (Phi) is 6.55. The van der Waals surface area contributed by atoms with Gasteiger partial charge >= 0.3 is 0 Å². The molecule has 0 bridgehead atoms. The number of carbonyl (C=O) groups excluding carboxylic acids is 1. The number of primary amides is 1. The monoisotopic (exact) mass is 230 g/mol. The van der Waals surface area contributed by atoms with E-state index in [1.807, 2.05) is 14.1 Å². The molecule has 0 saturated carbocycles. The summed E-state index contributed by atoms with van der Waals surface area (Å²) < 4.78 is 0. The lowest BCUT2D eigenvalue weighted by Crippen LogP contribution is -2.57. The molecule has 0 saturated heterocycles. The molecular weight excluding hydrogens is 204 g/mol. The van der Waals surface area contributed by atoms with Gasteiger partial charge < -0.3 is 16.4 Å². The number of hydrogen-bond acceptors (Lipinski definition) is 4. The van der Waals surface area contributed by atoms with Crippen molar-refractivity contribution in [2.75, 3.05) is 40.3 Å². The molecule has 0 aliphatic rings. The third-order valence-electron chi connectivity index (χ3n) is 2.52. The molecular formula is C11H26N4O. The van der Waals surface area contributed by atoms with Crippen LogP contribution in [-0.4, -0.2) is 61.5 Å². The summed E-state index contributed by atoms with van der Waals surface area (Å²) in [5.74, 6) is -0.446. The zero-order valence-corrected chi connectivity index (χ0v) is 11.0. The van der Waals surface area contributed by atoms with Crippen LogP contribution in [0.25, 0.3) is 0 Å². The molecule has 0 aliphatic heterocycles. The van der Waals surface area contributed by atoms with Crippen molar-refractivity contribution >= 4 is 5.91 Å². The minimum Gasteiger partial charge on any atom is -0.368 e. The van der Waals surface area contributed by atoms with Crippen LogP contribution < -0.4 is 11.5 Å². The fraction of sp³-hybridized carbons (Fsp3) is 0.909. The number of amides is 1. The Balaban J connectivity index is 4.26. The Labute approximate surface area is 98.7 Å². The van der Waals surface area contributed by atoms with Crippen LogP contribution in [0.4, 0.5) is 0 Å². The van der Waals surface area contributed by atoms with Gasteiger partial charge in [-0.05, 0) is 34.0 Å². The summed E-state index contributed by atoms with van der Waals surface area (Å²) in [6.07, 6.45) is 1.04. The van der Waals surface area contributed by atoms with Crippen molar-refractivity contribution in [2.45, 2.75) is 25.8 Å². The summed E-state index contributed by atoms with van der Waals surface area (Å²) in [5.41, 5.74) is 10.2. The lowest BCUT2D eigenvalue weighted by Gasteiger charge is -2.30. The minimum atomic E-state index is -0.943. The van der Waals surface area contributed by atoms with E-state index in [4.69, 9.17) is 11.5 Å². The standard InChI is InChI=1S/C11H26N4O/c1-5-6-15(8-7-14(3)4)9-11(2,13)10(12)16/h5-9,13H2,1-4H3,(H2,12,16). The van der Waals surface area contributed by atoms with Gasteiger partial charge in [0.1, 0.15) is 5.54 Å². The smallest absolute Gasteiger partial charge is 0.238 e. The fourth-order valence-corrected chi connectivity index (χ4v) is 1.47. The molecule has 0 heterocycles. The summed E-state index contributed by atoms with van der Waals surface area (Å²) in [6, 6.07) is 0. The molecule has 96 valence electrons. The molecule has 1 atom stereocenters. The average molecular weight is 230 g/mol. The molecule has 0 rings (SSSR count). The largest absolute Gasteiger partial charge is 0.368 e. The maximum Gasteiger partial charge on any atom is 0.238 e. The Morgan fingerprint density at radius 1 is 1.25 bits per heavy atom. The number of rotatable bonds is 8. The molecule has 0 spiro atoms. The second-order valence-corrected chi connectivity index (χ2v) is 4.86. The molecule has 0 radical (unpaired) electrons. The Hall–Kier alpha value is -0.650. The van der Waals surface area contributed by atoms with Crippen LogP contribution in [-0.2, 0) is 4.79 Å². The lowest BCUT2D eigenvalue weighted by atomic mass is 10.0. The summed E-state index contributed by atoms with van der Waals surface area (Å²) in [4.78, 5) is 15.5. The van der Waals surface area contributed by atoms with Crippen LogP contribution in [0.5, 0.6) is 0 Å². The van der Waals surface area contributed by atoms with Gasteiger partial charge in [0.25, 0.3) is 0 Å². The zero-order valence-electron chi connectivity index (χ0n) is 11.0. The molecule has 5 heteroatoms. The van der Waals surface area contributed by atoms with E-state index in [9.17, 15) is 4.79 Å². The molecule has 4 N–H and O–H groups in total. The van der Waals surface area contributed by atoms with Crippen LogP contribution >= 0.6 is 0 Å². The fourth-order valence-electron chi connectivity index (χ4n) is 1.47. The topological polar surface area (TPSA) is 75.6 Å². The molecule has 16 heavy (non-hydrogen) atoms. The van der Waals surface area contributed by atoms with Crippen molar-refractivity contribution in [2.24, 2.45) is 11.5 Å². The van der Waals surface area contributed by atoms with Gasteiger partial charge in [-0.3, -0.25) is 9.69 Å². The number of likely N-dealkylation sites (N-methyl/N-ethyl adjacent to an activating group) is 1. The molecule has 1 amide bonds. The third-order valence-corrected chi connectivity index (χ3v) is 2.52. The molecule has 1 unspecified atom stereocenters. The first kappa shape index (κ1) is 15.3. The van der Waals surface area contributed by atoms with Gasteiger partial charge in [-0.25, -0.2) is 0 Å². The third kappa shape index (κ3) is 6.05. The average Bonchev–Trinajstić information content (AvgIpc) is 2.13. The van der Waals surface area contributed by atoms with E-state index in [2.05, 4.69) is 16.7 Å². The summed E-state index contributed by atoms with van der Waals surface area (Å²) in [6.45, 7) is 7.11. The van der Waals surface area contributed by atoms with Crippen molar-refractivity contribution in [1.29, 1.82) is 0 Å². The first-order valence-corrected chi connectivity index (χ1v) is 5.75. The van der Waals surface area contributed by atoms with Crippen molar-refractivity contribution in [3.63, 3.8) is 0 Å². The van der Waals surface area contributed by atoms with E-state index in [0.29, 0.717) is 6.54 Å². The molecule has 0 aromatic rings. The van der Waals surface area contributed by atoms with Crippen LogP contribution in [0.3, 0.4) is 0 Å². The number of nitrogens with two attached hydrogens (primary N) is 2. The Bertz CT molecular complexity index is 216. The maximum atomic E-state index is 11.2. The predicted octanol–water partition coefficient (Wildman–Crippen LogP) is -0.537. The number of carbonyl (C=O) groups is 1. The van der Waals surface area contributed by atoms with Gasteiger partial charge in [0.05, 0.1) is 0 Å². The van der Waals surface area contributed by atoms with Crippen molar-refractivity contribution < 1.29 is 4.79 Å². The zero-order chi connectivity index (χ0) is 12.8. The second-order valence-electron chi connectivity index (χ2n) is 4.86. The quantitative estimate of drug-likeness (QED) is 0.587. The molecule has 0 aliphatic carbocycles. The van der Waals surface area contributed by atoms with Crippen molar-refractivity contribution in [1.82, 2.24) is 9.80 Å². The number of hydrogen-bond donors (Lipinski definition) is 2. The van der Waals surface area contributed by atoms with Gasteiger partial charge in [0.2, 0.25) is 5.91 Å². The normalized spacial score (nSPS) is 15.4. The first-order chi connectivity index (χ1) is 7.29. The van der Waals surface area contributed by atoms with Gasteiger partial charge in [0, 0.05) is 19.6 Å². The van der Waals surface area contributed by atoms with Crippen molar-refractivity contribution in [3.05, 3.63) is 0 Å². The lowest BCUT2D eigenvalue weighted by molar-refractivity contribution is -0.123. The van der Waals surface area contributed by atoms with Crippen LogP contribution in [0.15, 0.2) is 0 Å².